The van der Waals surface area contributed by atoms with E-state index in [2.05, 4.69) is 24.3 Å². The molecule has 1 amide bonds. The predicted octanol–water partition coefficient (Wildman–Crippen LogP) is 1.42. The van der Waals surface area contributed by atoms with Gasteiger partial charge >= 0.3 is 0 Å². The molecule has 0 radical (unpaired) electrons. The first-order valence-electron chi connectivity index (χ1n) is 8.77. The van der Waals surface area contributed by atoms with Gasteiger partial charge < -0.3 is 4.90 Å². The van der Waals surface area contributed by atoms with Crippen molar-refractivity contribution in [1.29, 1.82) is 0 Å². The number of nitrogens with two attached hydrogens (primary N) is 1. The summed E-state index contributed by atoms with van der Waals surface area (Å²) in [7, 11) is -3.42. The number of benzene rings is 1. The van der Waals surface area contributed by atoms with Crippen LogP contribution in [0, 0.1) is 11.8 Å². The molecule has 6 heteroatoms. The van der Waals surface area contributed by atoms with Gasteiger partial charge in [0, 0.05) is 24.4 Å². The van der Waals surface area contributed by atoms with Crippen molar-refractivity contribution in [3.05, 3.63) is 35.4 Å². The van der Waals surface area contributed by atoms with Crippen LogP contribution in [0.25, 0.3) is 0 Å². The lowest BCUT2D eigenvalue weighted by Gasteiger charge is -2.32. The topological polar surface area (TPSA) is 80.5 Å². The number of likely N-dealkylation sites (tertiary alicyclic amines) is 1. The minimum atomic E-state index is -3.42. The van der Waals surface area contributed by atoms with Crippen LogP contribution in [0.2, 0.25) is 0 Å². The van der Waals surface area contributed by atoms with Crippen LogP contribution in [0.3, 0.4) is 0 Å². The van der Waals surface area contributed by atoms with Gasteiger partial charge in [-0.3, -0.25) is 4.79 Å². The van der Waals surface area contributed by atoms with Gasteiger partial charge in [0.15, 0.2) is 0 Å². The predicted molar refractivity (Wildman–Crippen MR) is 91.8 cm³/mol. The smallest absolute Gasteiger partial charge is 0.226 e. The Labute approximate surface area is 143 Å². The van der Waals surface area contributed by atoms with Crippen LogP contribution in [0.15, 0.2) is 24.3 Å². The fraction of sp³-hybridized carbons (Fsp3) is 0.611. The van der Waals surface area contributed by atoms with Gasteiger partial charge in [-0.1, -0.05) is 24.3 Å². The third-order valence-corrected chi connectivity index (χ3v) is 7.10. The van der Waals surface area contributed by atoms with Gasteiger partial charge in [0.25, 0.3) is 0 Å². The Bertz CT molecular complexity index is 768. The van der Waals surface area contributed by atoms with Gasteiger partial charge in [-0.2, -0.15) is 0 Å². The molecule has 0 aromatic heterocycles. The number of hydrogen-bond acceptors (Lipinski definition) is 3. The monoisotopic (exact) mass is 348 g/mol. The minimum absolute atomic E-state index is 0.0375. The molecule has 1 saturated heterocycles. The standard InChI is InChI=1S/C18H24N2O3S/c19-24(22,23)12-13-6-9-20(10-7-13)17(21)16-11-18(16)8-5-14-3-1-2-4-15(14)18/h1-4,13,16H,5-12H2,(H2,19,22,23)/t16-,18-/m0/s1. The van der Waals surface area contributed by atoms with Crippen LogP contribution in [-0.4, -0.2) is 38.1 Å². The van der Waals surface area contributed by atoms with Crippen LogP contribution in [0.1, 0.15) is 36.8 Å². The van der Waals surface area contributed by atoms with Gasteiger partial charge in [-0.25, -0.2) is 13.6 Å². The van der Waals surface area contributed by atoms with Crippen molar-refractivity contribution in [3.63, 3.8) is 0 Å². The number of amides is 1. The molecule has 2 N–H and O–H groups in total. The summed E-state index contributed by atoms with van der Waals surface area (Å²) in [6, 6.07) is 8.52. The Morgan fingerprint density at radius 2 is 1.96 bits per heavy atom. The molecule has 1 heterocycles. The molecule has 5 nitrogen and oxygen atoms in total. The van der Waals surface area contributed by atoms with E-state index in [0.717, 1.165) is 32.1 Å². The molecule has 24 heavy (non-hydrogen) atoms. The third-order valence-electron chi connectivity index (χ3n) is 6.16. The first-order valence-corrected chi connectivity index (χ1v) is 10.5. The molecular formula is C18H24N2O3S. The lowest BCUT2D eigenvalue weighted by Crippen LogP contribution is -2.42. The Hall–Kier alpha value is -1.40. The molecule has 0 bridgehead atoms. The van der Waals surface area contributed by atoms with Crippen molar-refractivity contribution in [2.45, 2.75) is 37.5 Å². The summed E-state index contributed by atoms with van der Waals surface area (Å²) in [5.74, 6) is 0.511. The molecule has 1 aliphatic heterocycles. The normalized spacial score (nSPS) is 29.7. The molecule has 2 atom stereocenters. The van der Waals surface area contributed by atoms with E-state index in [9.17, 15) is 13.2 Å². The highest BCUT2D eigenvalue weighted by molar-refractivity contribution is 7.89. The SMILES string of the molecule is NS(=O)(=O)CC1CCN(C(=O)[C@@H]2C[C@]23CCc2ccccc23)CC1. The number of sulfonamides is 1. The zero-order valence-electron chi connectivity index (χ0n) is 13.8. The largest absolute Gasteiger partial charge is 0.342 e. The van der Waals surface area contributed by atoms with Crippen molar-refractivity contribution in [3.8, 4) is 0 Å². The van der Waals surface area contributed by atoms with E-state index in [4.69, 9.17) is 5.14 Å². The third kappa shape index (κ3) is 2.75. The fourth-order valence-corrected chi connectivity index (χ4v) is 5.78. The lowest BCUT2D eigenvalue weighted by atomic mass is 9.94. The second-order valence-electron chi connectivity index (χ2n) is 7.67. The molecule has 2 fully saturated rings. The molecule has 1 spiro atoms. The Balaban J connectivity index is 1.39. The fourth-order valence-electron chi connectivity index (χ4n) is 4.79. The molecule has 2 aliphatic carbocycles. The Kier molecular flexibility index (Phi) is 3.73. The Morgan fingerprint density at radius 3 is 2.67 bits per heavy atom. The summed E-state index contributed by atoms with van der Waals surface area (Å²) in [5.41, 5.74) is 2.87. The van der Waals surface area contributed by atoms with Gasteiger partial charge in [-0.05, 0) is 49.1 Å². The summed E-state index contributed by atoms with van der Waals surface area (Å²) in [5, 5.41) is 5.13. The van der Waals surface area contributed by atoms with Gasteiger partial charge in [0.1, 0.15) is 0 Å². The first-order chi connectivity index (χ1) is 11.4. The van der Waals surface area contributed by atoms with E-state index >= 15 is 0 Å². The van der Waals surface area contributed by atoms with Crippen molar-refractivity contribution in [2.75, 3.05) is 18.8 Å². The number of carbonyl (C=O) groups excluding carboxylic acids is 1. The molecule has 1 aromatic carbocycles. The summed E-state index contributed by atoms with van der Waals surface area (Å²) in [6.45, 7) is 1.32. The first kappa shape index (κ1) is 16.1. The molecular weight excluding hydrogens is 324 g/mol. The number of nitrogens with zero attached hydrogens (tertiary/aromatic N) is 1. The molecule has 0 unspecified atom stereocenters. The van der Waals surface area contributed by atoms with Gasteiger partial charge in [-0.15, -0.1) is 0 Å². The number of primary sulfonamides is 1. The maximum absolute atomic E-state index is 12.9. The molecule has 1 saturated carbocycles. The zero-order valence-corrected chi connectivity index (χ0v) is 14.6. The summed E-state index contributed by atoms with van der Waals surface area (Å²) in [4.78, 5) is 14.9. The zero-order chi connectivity index (χ0) is 16.9. The van der Waals surface area contributed by atoms with E-state index in [1.165, 1.54) is 11.1 Å². The number of hydrogen-bond donors (Lipinski definition) is 1. The van der Waals surface area contributed by atoms with Gasteiger partial charge in [0.05, 0.1) is 5.75 Å². The van der Waals surface area contributed by atoms with Crippen molar-refractivity contribution < 1.29 is 13.2 Å². The van der Waals surface area contributed by atoms with Gasteiger partial charge in [0.2, 0.25) is 15.9 Å². The lowest BCUT2D eigenvalue weighted by molar-refractivity contribution is -0.134. The number of fused-ring (bicyclic) bond motifs is 2. The van der Waals surface area contributed by atoms with Crippen molar-refractivity contribution in [2.24, 2.45) is 17.0 Å². The van der Waals surface area contributed by atoms with E-state index in [1.54, 1.807) is 0 Å². The highest BCUT2D eigenvalue weighted by atomic mass is 32.2. The van der Waals surface area contributed by atoms with E-state index in [1.807, 2.05) is 4.90 Å². The number of rotatable bonds is 3. The van der Waals surface area contributed by atoms with Crippen molar-refractivity contribution >= 4 is 15.9 Å². The van der Waals surface area contributed by atoms with Crippen molar-refractivity contribution in [1.82, 2.24) is 4.90 Å². The molecule has 130 valence electrons. The van der Waals surface area contributed by atoms with E-state index in [0.29, 0.717) is 13.1 Å². The maximum Gasteiger partial charge on any atom is 0.226 e. The van der Waals surface area contributed by atoms with E-state index in [-0.39, 0.29) is 28.9 Å². The summed E-state index contributed by atoms with van der Waals surface area (Å²) in [6.07, 6.45) is 4.61. The molecule has 3 aliphatic rings. The van der Waals surface area contributed by atoms with Crippen LogP contribution in [0.4, 0.5) is 0 Å². The number of carbonyl (C=O) groups is 1. The highest BCUT2D eigenvalue weighted by Crippen LogP contribution is 2.62. The minimum Gasteiger partial charge on any atom is -0.342 e. The Morgan fingerprint density at radius 1 is 1.25 bits per heavy atom. The second kappa shape index (κ2) is 5.56. The number of aryl methyl sites for hydroxylation is 1. The number of piperidine rings is 1. The van der Waals surface area contributed by atoms with Crippen LogP contribution in [0.5, 0.6) is 0 Å². The average Bonchev–Trinajstić information content (AvgIpc) is 3.15. The summed E-state index contributed by atoms with van der Waals surface area (Å²) >= 11 is 0. The summed E-state index contributed by atoms with van der Waals surface area (Å²) < 4.78 is 22.4. The van der Waals surface area contributed by atoms with Crippen LogP contribution in [-0.2, 0) is 26.7 Å². The average molecular weight is 348 g/mol. The maximum atomic E-state index is 12.9. The van der Waals surface area contributed by atoms with E-state index < -0.39 is 10.0 Å². The molecule has 1 aromatic rings. The quantitative estimate of drug-likeness (QED) is 0.897. The second-order valence-corrected chi connectivity index (χ2v) is 9.33. The molecule has 4 rings (SSSR count). The van der Waals surface area contributed by atoms with Crippen LogP contribution >= 0.6 is 0 Å². The van der Waals surface area contributed by atoms with Crippen LogP contribution < -0.4 is 5.14 Å². The highest BCUT2D eigenvalue weighted by Gasteiger charge is 2.62.